The third-order valence-corrected chi connectivity index (χ3v) is 4.61. The van der Waals surface area contributed by atoms with Gasteiger partial charge in [-0.2, -0.15) is 0 Å². The Morgan fingerprint density at radius 2 is 1.83 bits per heavy atom. The lowest BCUT2D eigenvalue weighted by molar-refractivity contribution is -0.120. The minimum Gasteiger partial charge on any atom is -0.497 e. The van der Waals surface area contributed by atoms with Gasteiger partial charge < -0.3 is 20.1 Å². The summed E-state index contributed by atoms with van der Waals surface area (Å²) in [6, 6.07) is 6.07. The smallest absolute Gasteiger partial charge is 0.341 e. The van der Waals surface area contributed by atoms with Crippen LogP contribution in [0, 0.1) is 11.6 Å². The zero-order valence-electron chi connectivity index (χ0n) is 15.5. The van der Waals surface area contributed by atoms with Crippen molar-refractivity contribution < 1.29 is 28.2 Å². The Balaban J connectivity index is 1.84. The van der Waals surface area contributed by atoms with E-state index < -0.39 is 46.6 Å². The Morgan fingerprint density at radius 1 is 1.17 bits per heavy atom. The number of carboxylic acids is 1. The number of hydrogen-bond donors (Lipinski definition) is 3. The van der Waals surface area contributed by atoms with Crippen molar-refractivity contribution in [3.63, 3.8) is 0 Å². The van der Waals surface area contributed by atoms with Crippen molar-refractivity contribution in [2.24, 2.45) is 0 Å². The van der Waals surface area contributed by atoms with Gasteiger partial charge >= 0.3 is 5.97 Å². The van der Waals surface area contributed by atoms with E-state index in [1.807, 2.05) is 0 Å². The minimum atomic E-state index is -1.39. The second kappa shape index (κ2) is 8.50. The predicted molar refractivity (Wildman–Crippen MR) is 105 cm³/mol. The van der Waals surface area contributed by atoms with Crippen LogP contribution in [0.5, 0.6) is 5.75 Å². The molecule has 0 saturated heterocycles. The number of methoxy groups -OCH3 is 1. The van der Waals surface area contributed by atoms with Crippen molar-refractivity contribution in [1.82, 2.24) is 10.3 Å². The zero-order chi connectivity index (χ0) is 22.0. The fraction of sp³-hybridized carbons (Fsp3) is 0.150. The number of H-pyrrole nitrogens is 1. The molecular formula is C20H15ClF2N2O5. The number of pyridine rings is 1. The zero-order valence-corrected chi connectivity index (χ0v) is 16.3. The van der Waals surface area contributed by atoms with E-state index in [2.05, 4.69) is 10.3 Å². The van der Waals surface area contributed by atoms with E-state index in [0.29, 0.717) is 10.9 Å². The molecule has 30 heavy (non-hydrogen) atoms. The van der Waals surface area contributed by atoms with Gasteiger partial charge in [-0.25, -0.2) is 13.6 Å². The number of aromatic nitrogens is 1. The highest BCUT2D eigenvalue weighted by Gasteiger charge is 2.17. The van der Waals surface area contributed by atoms with Crippen molar-refractivity contribution in [3.8, 4) is 5.75 Å². The molecule has 0 unspecified atom stereocenters. The summed E-state index contributed by atoms with van der Waals surface area (Å²) in [6.07, 6.45) is -0.556. The molecule has 3 aromatic rings. The molecule has 7 nitrogen and oxygen atoms in total. The third-order valence-electron chi connectivity index (χ3n) is 4.39. The van der Waals surface area contributed by atoms with Gasteiger partial charge in [0.25, 0.3) is 5.56 Å². The lowest BCUT2D eigenvalue weighted by Gasteiger charge is -2.11. The van der Waals surface area contributed by atoms with Gasteiger partial charge in [-0.15, -0.1) is 0 Å². The van der Waals surface area contributed by atoms with E-state index in [0.717, 1.165) is 12.1 Å². The number of ether oxygens (including phenoxy) is 1. The number of halogens is 3. The van der Waals surface area contributed by atoms with Crippen LogP contribution >= 0.6 is 11.6 Å². The summed E-state index contributed by atoms with van der Waals surface area (Å²) >= 11 is 6.05. The summed E-state index contributed by atoms with van der Waals surface area (Å²) in [6.45, 7) is -0.113. The number of aromatic carboxylic acids is 1. The molecule has 0 bridgehead atoms. The van der Waals surface area contributed by atoms with Crippen LogP contribution in [-0.4, -0.2) is 29.1 Å². The molecular weight excluding hydrogens is 422 g/mol. The van der Waals surface area contributed by atoms with Crippen LogP contribution in [0.2, 0.25) is 5.02 Å². The third kappa shape index (κ3) is 4.41. The van der Waals surface area contributed by atoms with Gasteiger partial charge in [0.1, 0.15) is 22.9 Å². The van der Waals surface area contributed by atoms with Crippen LogP contribution < -0.4 is 15.6 Å². The summed E-state index contributed by atoms with van der Waals surface area (Å²) < 4.78 is 32.8. The van der Waals surface area contributed by atoms with E-state index in [-0.39, 0.29) is 22.8 Å². The fourth-order valence-electron chi connectivity index (χ4n) is 2.94. The average Bonchev–Trinajstić information content (AvgIpc) is 2.68. The van der Waals surface area contributed by atoms with Gasteiger partial charge in [-0.05, 0) is 23.8 Å². The monoisotopic (exact) mass is 436 g/mol. The maximum absolute atomic E-state index is 14.0. The van der Waals surface area contributed by atoms with Gasteiger partial charge in [0.05, 0.1) is 19.0 Å². The molecule has 2 aromatic carbocycles. The summed E-state index contributed by atoms with van der Waals surface area (Å²) in [7, 11) is 1.26. The second-order valence-corrected chi connectivity index (χ2v) is 6.81. The summed E-state index contributed by atoms with van der Waals surface area (Å²) in [5.74, 6) is -3.90. The summed E-state index contributed by atoms with van der Waals surface area (Å²) in [4.78, 5) is 37.8. The first-order chi connectivity index (χ1) is 14.2. The molecule has 0 spiro atoms. The molecule has 1 amide bonds. The second-order valence-electron chi connectivity index (χ2n) is 6.37. The Bertz CT molecular complexity index is 1200. The van der Waals surface area contributed by atoms with Gasteiger partial charge in [0.2, 0.25) is 5.91 Å². The molecule has 0 aliphatic carbocycles. The van der Waals surface area contributed by atoms with Crippen molar-refractivity contribution >= 4 is 34.4 Å². The number of amides is 1. The first-order valence-electron chi connectivity index (χ1n) is 8.57. The average molecular weight is 437 g/mol. The molecule has 3 rings (SSSR count). The molecule has 0 radical (unpaired) electrons. The fourth-order valence-corrected chi connectivity index (χ4v) is 3.19. The number of carbonyl (C=O) groups is 2. The maximum atomic E-state index is 14.0. The number of fused-ring (bicyclic) bond motifs is 1. The first-order valence-corrected chi connectivity index (χ1v) is 8.94. The molecule has 0 fully saturated rings. The summed E-state index contributed by atoms with van der Waals surface area (Å²) in [5, 5.41) is 12.2. The maximum Gasteiger partial charge on any atom is 0.341 e. The Morgan fingerprint density at radius 3 is 2.43 bits per heavy atom. The van der Waals surface area contributed by atoms with Crippen molar-refractivity contribution in [2.45, 2.75) is 13.0 Å². The number of aromatic amines is 1. The number of nitrogens with one attached hydrogen (secondary N) is 2. The lowest BCUT2D eigenvalue weighted by atomic mass is 10.1. The van der Waals surface area contributed by atoms with Crippen LogP contribution in [0.1, 0.15) is 21.5 Å². The van der Waals surface area contributed by atoms with E-state index in [4.69, 9.17) is 21.4 Å². The molecule has 156 valence electrons. The Hall–Kier alpha value is -3.46. The molecule has 1 heterocycles. The predicted octanol–water partition coefficient (Wildman–Crippen LogP) is 3.03. The van der Waals surface area contributed by atoms with Crippen LogP contribution in [-0.2, 0) is 17.8 Å². The highest BCUT2D eigenvalue weighted by Crippen LogP contribution is 2.23. The molecule has 0 aliphatic rings. The van der Waals surface area contributed by atoms with Gasteiger partial charge in [0, 0.05) is 34.6 Å². The minimum absolute atomic E-state index is 0.00996. The lowest BCUT2D eigenvalue weighted by Crippen LogP contribution is -2.26. The largest absolute Gasteiger partial charge is 0.497 e. The first kappa shape index (κ1) is 21.3. The number of carboxylic acid groups (broad SMARTS) is 1. The SMILES string of the molecule is COc1cc(F)c(CC(=O)NCc2cc(Cl)cc3cc(C(=O)O)c(=O)[nH]c23)c(F)c1. The normalized spacial score (nSPS) is 10.8. The van der Waals surface area contributed by atoms with Gasteiger partial charge in [0.15, 0.2) is 0 Å². The number of rotatable bonds is 6. The van der Waals surface area contributed by atoms with E-state index in [1.165, 1.54) is 25.3 Å². The Labute approximate surface area is 173 Å². The van der Waals surface area contributed by atoms with Crippen LogP contribution in [0.4, 0.5) is 8.78 Å². The van der Waals surface area contributed by atoms with Crippen molar-refractivity contribution in [3.05, 3.63) is 74.0 Å². The molecule has 0 saturated carbocycles. The Kier molecular flexibility index (Phi) is 6.02. The quantitative estimate of drug-likeness (QED) is 0.550. The molecule has 1 aromatic heterocycles. The van der Waals surface area contributed by atoms with Gasteiger partial charge in [-0.1, -0.05) is 11.6 Å². The van der Waals surface area contributed by atoms with Crippen LogP contribution in [0.15, 0.2) is 35.1 Å². The van der Waals surface area contributed by atoms with E-state index in [1.54, 1.807) is 0 Å². The number of hydrogen-bond acceptors (Lipinski definition) is 4. The van der Waals surface area contributed by atoms with Crippen LogP contribution in [0.3, 0.4) is 0 Å². The summed E-state index contributed by atoms with van der Waals surface area (Å²) in [5.41, 5.74) is -0.992. The molecule has 3 N–H and O–H groups in total. The number of benzene rings is 2. The van der Waals surface area contributed by atoms with Gasteiger partial charge in [-0.3, -0.25) is 9.59 Å². The van der Waals surface area contributed by atoms with E-state index >= 15 is 0 Å². The highest BCUT2D eigenvalue weighted by molar-refractivity contribution is 6.31. The molecule has 10 heteroatoms. The highest BCUT2D eigenvalue weighted by atomic mass is 35.5. The van der Waals surface area contributed by atoms with Crippen LogP contribution in [0.25, 0.3) is 10.9 Å². The molecule has 0 aliphatic heterocycles. The number of carbonyl (C=O) groups excluding carboxylic acids is 1. The topological polar surface area (TPSA) is 108 Å². The van der Waals surface area contributed by atoms with E-state index in [9.17, 15) is 23.2 Å². The van der Waals surface area contributed by atoms with Crippen molar-refractivity contribution in [1.29, 1.82) is 0 Å². The molecule has 0 atom stereocenters. The standard InChI is InChI=1S/C20H15ClF2N2O5/c1-30-12-5-15(22)13(16(23)6-12)7-17(26)24-8-10-3-11(21)2-9-4-14(20(28)29)19(27)25-18(9)10/h2-6H,7-8H2,1H3,(H,24,26)(H,25,27)(H,28,29). The van der Waals surface area contributed by atoms with Crippen molar-refractivity contribution in [2.75, 3.05) is 7.11 Å².